The Balaban J connectivity index is 1.78. The van der Waals surface area contributed by atoms with Crippen LogP contribution in [-0.4, -0.2) is 39.4 Å². The first-order chi connectivity index (χ1) is 9.62. The van der Waals surface area contributed by atoms with E-state index in [0.717, 1.165) is 12.1 Å². The number of hydrogen-bond acceptors (Lipinski definition) is 3. The average Bonchev–Trinajstić information content (AvgIpc) is 3.11. The molecule has 4 nitrogen and oxygen atoms in total. The van der Waals surface area contributed by atoms with E-state index in [1.807, 2.05) is 11.7 Å². The molecule has 0 bridgehead atoms. The molecule has 3 rings (SSSR count). The van der Waals surface area contributed by atoms with E-state index in [-0.39, 0.29) is 11.6 Å². The molecule has 4 heteroatoms. The Morgan fingerprint density at radius 1 is 1.25 bits per heavy atom. The molecule has 2 fully saturated rings. The second kappa shape index (κ2) is 5.49. The largest absolute Gasteiger partial charge is 0.326 e. The number of aromatic nitrogens is 2. The molecule has 0 amide bonds. The molecule has 20 heavy (non-hydrogen) atoms. The van der Waals surface area contributed by atoms with E-state index in [9.17, 15) is 0 Å². The van der Waals surface area contributed by atoms with Gasteiger partial charge in [0.15, 0.2) is 0 Å². The second-order valence-electron chi connectivity index (χ2n) is 6.72. The Kier molecular flexibility index (Phi) is 3.87. The van der Waals surface area contributed by atoms with Crippen molar-refractivity contribution >= 4 is 0 Å². The number of aryl methyl sites for hydroxylation is 2. The van der Waals surface area contributed by atoms with Gasteiger partial charge in [-0.1, -0.05) is 12.8 Å². The lowest BCUT2D eigenvalue weighted by Crippen LogP contribution is -2.58. The van der Waals surface area contributed by atoms with E-state index in [1.54, 1.807) is 0 Å². The first-order valence-corrected chi connectivity index (χ1v) is 8.12. The highest BCUT2D eigenvalue weighted by molar-refractivity contribution is 5.14. The molecule has 0 aromatic carbocycles. The van der Waals surface area contributed by atoms with Crippen molar-refractivity contribution in [2.24, 2.45) is 12.8 Å². The molecule has 1 saturated carbocycles. The zero-order valence-electron chi connectivity index (χ0n) is 12.9. The zero-order chi connectivity index (χ0) is 14.2. The highest BCUT2D eigenvalue weighted by atomic mass is 15.3. The summed E-state index contributed by atoms with van der Waals surface area (Å²) < 4.78 is 2.00. The third-order valence-electron chi connectivity index (χ3n) is 5.42. The molecule has 112 valence electrons. The highest BCUT2D eigenvalue weighted by Crippen LogP contribution is 2.40. The van der Waals surface area contributed by atoms with E-state index >= 15 is 0 Å². The van der Waals surface area contributed by atoms with Crippen molar-refractivity contribution in [2.75, 3.05) is 13.1 Å². The van der Waals surface area contributed by atoms with Crippen LogP contribution in [0.25, 0.3) is 0 Å². The van der Waals surface area contributed by atoms with Crippen molar-refractivity contribution in [1.29, 1.82) is 0 Å². The van der Waals surface area contributed by atoms with E-state index in [2.05, 4.69) is 23.0 Å². The molecule has 1 aliphatic heterocycles. The van der Waals surface area contributed by atoms with Crippen molar-refractivity contribution in [1.82, 2.24) is 14.7 Å². The molecule has 1 saturated heterocycles. The molecule has 1 aromatic heterocycles. The maximum atomic E-state index is 6.72. The molecule has 1 atom stereocenters. The van der Waals surface area contributed by atoms with Gasteiger partial charge in [0.05, 0.1) is 5.69 Å². The lowest BCUT2D eigenvalue weighted by atomic mass is 9.84. The average molecular weight is 276 g/mol. The summed E-state index contributed by atoms with van der Waals surface area (Å²) in [6, 6.07) is 2.42. The molecule has 0 spiro atoms. The van der Waals surface area contributed by atoms with Crippen LogP contribution < -0.4 is 5.73 Å². The standard InChI is InChI=1S/C16H28N4/c1-13-11-14(19(2)18-13)12-15(17)16(7-3-4-8-16)20-9-5-6-10-20/h11,15H,3-10,12,17H2,1-2H3. The van der Waals surface area contributed by atoms with Gasteiger partial charge < -0.3 is 5.73 Å². The third-order valence-corrected chi connectivity index (χ3v) is 5.42. The molecule has 2 heterocycles. The first kappa shape index (κ1) is 14.1. The van der Waals surface area contributed by atoms with Gasteiger partial charge in [-0.15, -0.1) is 0 Å². The number of hydrogen-bond donors (Lipinski definition) is 1. The van der Waals surface area contributed by atoms with Gasteiger partial charge in [-0.3, -0.25) is 9.58 Å². The Morgan fingerprint density at radius 3 is 2.45 bits per heavy atom. The summed E-state index contributed by atoms with van der Waals surface area (Å²) in [5.41, 5.74) is 9.35. The smallest absolute Gasteiger partial charge is 0.0596 e. The molecular weight excluding hydrogens is 248 g/mol. The van der Waals surface area contributed by atoms with Crippen molar-refractivity contribution in [3.63, 3.8) is 0 Å². The summed E-state index contributed by atoms with van der Waals surface area (Å²) in [7, 11) is 2.03. The molecule has 1 aromatic rings. The summed E-state index contributed by atoms with van der Waals surface area (Å²) in [5, 5.41) is 4.46. The van der Waals surface area contributed by atoms with Crippen LogP contribution in [-0.2, 0) is 13.5 Å². The van der Waals surface area contributed by atoms with Gasteiger partial charge in [-0.05, 0) is 51.8 Å². The van der Waals surface area contributed by atoms with Crippen LogP contribution in [0.3, 0.4) is 0 Å². The molecule has 1 unspecified atom stereocenters. The van der Waals surface area contributed by atoms with Gasteiger partial charge in [0.25, 0.3) is 0 Å². The molecular formula is C16H28N4. The first-order valence-electron chi connectivity index (χ1n) is 8.12. The topological polar surface area (TPSA) is 47.1 Å². The van der Waals surface area contributed by atoms with E-state index < -0.39 is 0 Å². The molecule has 2 aliphatic rings. The van der Waals surface area contributed by atoms with Crippen LogP contribution in [0.4, 0.5) is 0 Å². The lowest BCUT2D eigenvalue weighted by molar-refractivity contribution is 0.0914. The van der Waals surface area contributed by atoms with Crippen LogP contribution in [0.15, 0.2) is 6.07 Å². The van der Waals surface area contributed by atoms with Crippen LogP contribution in [0.5, 0.6) is 0 Å². The fourth-order valence-electron chi connectivity index (χ4n) is 4.34. The summed E-state index contributed by atoms with van der Waals surface area (Å²) in [6.45, 7) is 4.55. The normalized spacial score (nSPS) is 24.4. The van der Waals surface area contributed by atoms with E-state index in [4.69, 9.17) is 5.73 Å². The number of likely N-dealkylation sites (tertiary alicyclic amines) is 1. The van der Waals surface area contributed by atoms with Crippen molar-refractivity contribution in [3.8, 4) is 0 Å². The second-order valence-corrected chi connectivity index (χ2v) is 6.72. The fraction of sp³-hybridized carbons (Fsp3) is 0.812. The summed E-state index contributed by atoms with van der Waals surface area (Å²) >= 11 is 0. The third kappa shape index (κ3) is 2.40. The van der Waals surface area contributed by atoms with Crippen molar-refractivity contribution in [3.05, 3.63) is 17.5 Å². The Hall–Kier alpha value is -0.870. The Bertz CT molecular complexity index is 453. The van der Waals surface area contributed by atoms with Gasteiger partial charge in [-0.25, -0.2) is 0 Å². The lowest BCUT2D eigenvalue weighted by Gasteiger charge is -2.43. The highest BCUT2D eigenvalue weighted by Gasteiger charge is 2.45. The zero-order valence-corrected chi connectivity index (χ0v) is 12.9. The van der Waals surface area contributed by atoms with Crippen LogP contribution in [0.1, 0.15) is 49.9 Å². The van der Waals surface area contributed by atoms with Gasteiger partial charge in [0.2, 0.25) is 0 Å². The monoisotopic (exact) mass is 276 g/mol. The molecule has 1 aliphatic carbocycles. The Morgan fingerprint density at radius 2 is 1.90 bits per heavy atom. The SMILES string of the molecule is Cc1cc(CC(N)C2(N3CCCC3)CCCC2)n(C)n1. The van der Waals surface area contributed by atoms with Crippen molar-refractivity contribution < 1.29 is 0 Å². The quantitative estimate of drug-likeness (QED) is 0.915. The summed E-state index contributed by atoms with van der Waals surface area (Å²) in [4.78, 5) is 2.70. The van der Waals surface area contributed by atoms with Gasteiger partial charge in [-0.2, -0.15) is 5.10 Å². The maximum Gasteiger partial charge on any atom is 0.0596 e. The molecule has 2 N–H and O–H groups in total. The van der Waals surface area contributed by atoms with Gasteiger partial charge >= 0.3 is 0 Å². The predicted molar refractivity (Wildman–Crippen MR) is 81.6 cm³/mol. The summed E-state index contributed by atoms with van der Waals surface area (Å²) in [5.74, 6) is 0. The van der Waals surface area contributed by atoms with Gasteiger partial charge in [0, 0.05) is 30.7 Å². The van der Waals surface area contributed by atoms with E-state index in [1.165, 1.54) is 57.3 Å². The Labute approximate surface area is 122 Å². The summed E-state index contributed by atoms with van der Waals surface area (Å²) in [6.07, 6.45) is 8.89. The minimum Gasteiger partial charge on any atom is -0.326 e. The minimum atomic E-state index is 0.234. The van der Waals surface area contributed by atoms with Crippen LogP contribution in [0.2, 0.25) is 0 Å². The number of rotatable bonds is 4. The van der Waals surface area contributed by atoms with E-state index in [0.29, 0.717) is 0 Å². The van der Waals surface area contributed by atoms with Crippen LogP contribution >= 0.6 is 0 Å². The van der Waals surface area contributed by atoms with Crippen LogP contribution in [0, 0.1) is 6.92 Å². The predicted octanol–water partition coefficient (Wildman–Crippen LogP) is 2.01. The van der Waals surface area contributed by atoms with Gasteiger partial charge in [0.1, 0.15) is 0 Å². The fourth-order valence-corrected chi connectivity index (χ4v) is 4.34. The minimum absolute atomic E-state index is 0.234. The maximum absolute atomic E-state index is 6.72. The number of nitrogens with zero attached hydrogens (tertiary/aromatic N) is 3. The van der Waals surface area contributed by atoms with Crippen molar-refractivity contribution in [2.45, 2.75) is 63.5 Å². The molecule has 0 radical (unpaired) electrons. The number of nitrogens with two attached hydrogens (primary N) is 1.